The number of hydrogen-bond donors (Lipinski definition) is 1. The summed E-state index contributed by atoms with van der Waals surface area (Å²) in [7, 11) is 1.66. The van der Waals surface area contributed by atoms with Gasteiger partial charge in [-0.1, -0.05) is 17.3 Å². The second-order valence-electron chi connectivity index (χ2n) is 5.37. The van der Waals surface area contributed by atoms with Crippen molar-refractivity contribution < 1.29 is 13.7 Å². The maximum Gasteiger partial charge on any atom is 0.235 e. The van der Waals surface area contributed by atoms with Gasteiger partial charge in [0.15, 0.2) is 0 Å². The molecule has 0 spiro atoms. The van der Waals surface area contributed by atoms with E-state index in [1.807, 2.05) is 0 Å². The van der Waals surface area contributed by atoms with E-state index >= 15 is 0 Å². The molecule has 6 heteroatoms. The van der Waals surface area contributed by atoms with Crippen LogP contribution in [0.3, 0.4) is 0 Å². The van der Waals surface area contributed by atoms with E-state index < -0.39 is 0 Å². The topological polar surface area (TPSA) is 60.2 Å². The summed E-state index contributed by atoms with van der Waals surface area (Å²) in [5.41, 5.74) is 0.0743. The van der Waals surface area contributed by atoms with Gasteiger partial charge in [-0.3, -0.25) is 0 Å². The van der Waals surface area contributed by atoms with Crippen LogP contribution < -0.4 is 5.32 Å². The van der Waals surface area contributed by atoms with E-state index in [1.54, 1.807) is 25.3 Å². The lowest BCUT2D eigenvalue weighted by Crippen LogP contribution is -2.43. The normalized spacial score (nSPS) is 17.8. The molecule has 0 aliphatic carbocycles. The summed E-state index contributed by atoms with van der Waals surface area (Å²) in [5.74, 6) is 0.470. The van der Waals surface area contributed by atoms with Crippen LogP contribution in [-0.4, -0.2) is 36.9 Å². The molecule has 2 aromatic rings. The zero-order valence-corrected chi connectivity index (χ0v) is 11.9. The molecule has 1 aliphatic rings. The highest BCUT2D eigenvalue weighted by molar-refractivity contribution is 5.54. The summed E-state index contributed by atoms with van der Waals surface area (Å²) in [6.07, 6.45) is 1.72. The number of ether oxygens (including phenoxy) is 1. The van der Waals surface area contributed by atoms with Crippen molar-refractivity contribution in [1.29, 1.82) is 0 Å². The Morgan fingerprint density at radius 3 is 2.81 bits per heavy atom. The van der Waals surface area contributed by atoms with Crippen LogP contribution in [0.5, 0.6) is 0 Å². The van der Waals surface area contributed by atoms with Gasteiger partial charge < -0.3 is 14.6 Å². The minimum Gasteiger partial charge on any atom is -0.384 e. The highest BCUT2D eigenvalue weighted by Gasteiger charge is 2.39. The lowest BCUT2D eigenvalue weighted by molar-refractivity contribution is 0.0850. The predicted molar refractivity (Wildman–Crippen MR) is 75.3 cm³/mol. The molecule has 0 saturated carbocycles. The minimum atomic E-state index is -0.351. The highest BCUT2D eigenvalue weighted by atomic mass is 19.1. The van der Waals surface area contributed by atoms with Crippen molar-refractivity contribution in [3.8, 4) is 11.4 Å². The number of piperidine rings is 1. The van der Waals surface area contributed by atoms with Crippen molar-refractivity contribution in [3.63, 3.8) is 0 Å². The Morgan fingerprint density at radius 2 is 2.10 bits per heavy atom. The average Bonchev–Trinajstić information content (AvgIpc) is 2.99. The Labute approximate surface area is 122 Å². The first-order valence-corrected chi connectivity index (χ1v) is 7.04. The summed E-state index contributed by atoms with van der Waals surface area (Å²) >= 11 is 0. The standard InChI is InChI=1S/C15H18FN3O2/c1-20-10-15(6-8-17-9-7-15)14-18-13(19-21-14)11-4-2-3-5-12(11)16/h2-5,17H,6-10H2,1H3. The smallest absolute Gasteiger partial charge is 0.235 e. The summed E-state index contributed by atoms with van der Waals surface area (Å²) in [6, 6.07) is 6.43. The largest absolute Gasteiger partial charge is 0.384 e. The molecular weight excluding hydrogens is 273 g/mol. The van der Waals surface area contributed by atoms with Crippen molar-refractivity contribution >= 4 is 0 Å². The summed E-state index contributed by atoms with van der Waals surface area (Å²) in [6.45, 7) is 2.27. The minimum absolute atomic E-state index is 0.281. The zero-order valence-electron chi connectivity index (χ0n) is 11.9. The fraction of sp³-hybridized carbons (Fsp3) is 0.467. The maximum atomic E-state index is 13.8. The third kappa shape index (κ3) is 2.69. The van der Waals surface area contributed by atoms with Crippen LogP contribution in [0, 0.1) is 5.82 Å². The van der Waals surface area contributed by atoms with E-state index in [9.17, 15) is 4.39 Å². The van der Waals surface area contributed by atoms with E-state index in [0.29, 0.717) is 18.1 Å². The van der Waals surface area contributed by atoms with Gasteiger partial charge in [-0.05, 0) is 38.1 Å². The quantitative estimate of drug-likeness (QED) is 0.935. The first kappa shape index (κ1) is 14.2. The molecule has 1 N–H and O–H groups in total. The van der Waals surface area contributed by atoms with Crippen molar-refractivity contribution in [2.45, 2.75) is 18.3 Å². The molecule has 3 rings (SSSR count). The van der Waals surface area contributed by atoms with Crippen LogP contribution in [0.25, 0.3) is 11.4 Å². The molecule has 0 amide bonds. The molecule has 0 unspecified atom stereocenters. The van der Waals surface area contributed by atoms with E-state index in [0.717, 1.165) is 25.9 Å². The number of rotatable bonds is 4. The Balaban J connectivity index is 1.94. The molecule has 1 aromatic heterocycles. The number of halogens is 1. The van der Waals surface area contributed by atoms with Crippen LogP contribution in [0.1, 0.15) is 18.7 Å². The van der Waals surface area contributed by atoms with Gasteiger partial charge in [-0.15, -0.1) is 0 Å². The van der Waals surface area contributed by atoms with Gasteiger partial charge in [-0.25, -0.2) is 4.39 Å². The summed E-state index contributed by atoms with van der Waals surface area (Å²) in [4.78, 5) is 4.43. The van der Waals surface area contributed by atoms with Gasteiger partial charge in [0, 0.05) is 7.11 Å². The van der Waals surface area contributed by atoms with Gasteiger partial charge in [-0.2, -0.15) is 4.98 Å². The van der Waals surface area contributed by atoms with Crippen LogP contribution >= 0.6 is 0 Å². The Hall–Kier alpha value is -1.79. The van der Waals surface area contributed by atoms with Crippen LogP contribution in [0.2, 0.25) is 0 Å². The predicted octanol–water partition coefficient (Wildman–Crippen LogP) is 2.14. The van der Waals surface area contributed by atoms with Crippen molar-refractivity contribution in [3.05, 3.63) is 36.0 Å². The van der Waals surface area contributed by atoms with Crippen LogP contribution in [0.4, 0.5) is 4.39 Å². The SMILES string of the molecule is COCC1(c2nc(-c3ccccc3F)no2)CCNCC1. The van der Waals surface area contributed by atoms with Crippen LogP contribution in [0.15, 0.2) is 28.8 Å². The average molecular weight is 291 g/mol. The summed E-state index contributed by atoms with van der Waals surface area (Å²) < 4.78 is 24.6. The molecule has 0 radical (unpaired) electrons. The number of benzene rings is 1. The molecule has 1 aromatic carbocycles. The molecule has 1 aliphatic heterocycles. The molecule has 0 atom stereocenters. The molecule has 1 saturated heterocycles. The molecule has 112 valence electrons. The fourth-order valence-electron chi connectivity index (χ4n) is 2.79. The number of nitrogens with one attached hydrogen (secondary N) is 1. The maximum absolute atomic E-state index is 13.8. The Kier molecular flexibility index (Phi) is 3.98. The second-order valence-corrected chi connectivity index (χ2v) is 5.37. The van der Waals surface area contributed by atoms with Gasteiger partial charge in [0.2, 0.25) is 11.7 Å². The Morgan fingerprint density at radius 1 is 1.33 bits per heavy atom. The summed E-state index contributed by atoms with van der Waals surface area (Å²) in [5, 5.41) is 7.26. The number of hydrogen-bond acceptors (Lipinski definition) is 5. The van der Waals surface area contributed by atoms with E-state index in [2.05, 4.69) is 15.5 Å². The van der Waals surface area contributed by atoms with E-state index in [1.165, 1.54) is 6.07 Å². The molecule has 5 nitrogen and oxygen atoms in total. The lowest BCUT2D eigenvalue weighted by atomic mass is 9.79. The first-order chi connectivity index (χ1) is 10.2. The van der Waals surface area contributed by atoms with Gasteiger partial charge >= 0.3 is 0 Å². The van der Waals surface area contributed by atoms with E-state index in [-0.39, 0.29) is 17.1 Å². The first-order valence-electron chi connectivity index (χ1n) is 7.04. The zero-order chi connectivity index (χ0) is 14.7. The lowest BCUT2D eigenvalue weighted by Gasteiger charge is -2.33. The van der Waals surface area contributed by atoms with Gasteiger partial charge in [0.25, 0.3) is 0 Å². The molecule has 1 fully saturated rings. The highest BCUT2D eigenvalue weighted by Crippen LogP contribution is 2.34. The molecule has 2 heterocycles. The van der Waals surface area contributed by atoms with Gasteiger partial charge in [0.1, 0.15) is 5.82 Å². The van der Waals surface area contributed by atoms with Gasteiger partial charge in [0.05, 0.1) is 17.6 Å². The van der Waals surface area contributed by atoms with Crippen molar-refractivity contribution in [1.82, 2.24) is 15.5 Å². The number of aromatic nitrogens is 2. The van der Waals surface area contributed by atoms with Crippen LogP contribution in [-0.2, 0) is 10.2 Å². The molecular formula is C15H18FN3O2. The van der Waals surface area contributed by atoms with Crippen molar-refractivity contribution in [2.75, 3.05) is 26.8 Å². The number of nitrogens with zero attached hydrogens (tertiary/aromatic N) is 2. The third-order valence-corrected chi connectivity index (χ3v) is 3.98. The van der Waals surface area contributed by atoms with E-state index in [4.69, 9.17) is 9.26 Å². The monoisotopic (exact) mass is 291 g/mol. The fourth-order valence-corrected chi connectivity index (χ4v) is 2.79. The molecule has 0 bridgehead atoms. The van der Waals surface area contributed by atoms with Crippen molar-refractivity contribution in [2.24, 2.45) is 0 Å². The second kappa shape index (κ2) is 5.91. The molecule has 21 heavy (non-hydrogen) atoms. The Bertz CT molecular complexity index is 603. The third-order valence-electron chi connectivity index (χ3n) is 3.98. The number of methoxy groups -OCH3 is 1.